The molecule has 0 atom stereocenters. The molecule has 0 nitrogen and oxygen atoms in total. The van der Waals surface area contributed by atoms with Gasteiger partial charge in [0.25, 0.3) is 0 Å². The van der Waals surface area contributed by atoms with Gasteiger partial charge in [-0.25, -0.2) is 0 Å². The van der Waals surface area contributed by atoms with E-state index in [4.69, 9.17) is 0 Å². The van der Waals surface area contributed by atoms with Crippen molar-refractivity contribution in [2.75, 3.05) is 0 Å². The number of halogens is 3. The van der Waals surface area contributed by atoms with E-state index in [1.807, 2.05) is 6.92 Å². The topological polar surface area (TPSA) is 0 Å². The molecular formula is C7H11F3. The molecule has 0 aromatic carbocycles. The molecule has 0 aliphatic heterocycles. The summed E-state index contributed by atoms with van der Waals surface area (Å²) in [7, 11) is 0. The van der Waals surface area contributed by atoms with E-state index in [0.29, 0.717) is 6.42 Å². The van der Waals surface area contributed by atoms with Crippen molar-refractivity contribution in [2.24, 2.45) is 0 Å². The molecule has 0 aromatic rings. The third-order valence-electron chi connectivity index (χ3n) is 1.11. The first-order valence-electron chi connectivity index (χ1n) is 3.38. The Morgan fingerprint density at radius 1 is 1.20 bits per heavy atom. The maximum atomic E-state index is 11.4. The first-order valence-corrected chi connectivity index (χ1v) is 3.38. The lowest BCUT2D eigenvalue weighted by Gasteiger charge is -2.02. The van der Waals surface area contributed by atoms with Crippen molar-refractivity contribution in [3.63, 3.8) is 0 Å². The van der Waals surface area contributed by atoms with Gasteiger partial charge in [-0.2, -0.15) is 13.2 Å². The molecule has 0 saturated carbocycles. The van der Waals surface area contributed by atoms with Crippen LogP contribution in [0.1, 0.15) is 32.6 Å². The van der Waals surface area contributed by atoms with Crippen LogP contribution >= 0.6 is 0 Å². The predicted octanol–water partition coefficient (Wildman–Crippen LogP) is 3.21. The van der Waals surface area contributed by atoms with Gasteiger partial charge < -0.3 is 0 Å². The molecule has 0 heterocycles. The molecule has 10 heavy (non-hydrogen) atoms. The molecule has 0 aromatic heterocycles. The number of rotatable bonds is 4. The fourth-order valence-corrected chi connectivity index (χ4v) is 0.605. The van der Waals surface area contributed by atoms with Crippen molar-refractivity contribution < 1.29 is 13.2 Å². The van der Waals surface area contributed by atoms with E-state index in [2.05, 4.69) is 0 Å². The fourth-order valence-electron chi connectivity index (χ4n) is 0.605. The Morgan fingerprint density at radius 2 is 1.80 bits per heavy atom. The smallest absolute Gasteiger partial charge is 0.170 e. The predicted molar refractivity (Wildman–Crippen MR) is 33.4 cm³/mol. The highest BCUT2D eigenvalue weighted by molar-refractivity contribution is 4.73. The Balaban J connectivity index is 3.04. The molecule has 0 fully saturated rings. The van der Waals surface area contributed by atoms with Crippen molar-refractivity contribution in [1.29, 1.82) is 0 Å². The van der Waals surface area contributed by atoms with E-state index in [-0.39, 0.29) is 6.42 Å². The molecular weight excluding hydrogens is 141 g/mol. The van der Waals surface area contributed by atoms with Crippen molar-refractivity contribution in [3.8, 4) is 0 Å². The standard InChI is InChI=1S/C7H11F3/c1-2-3-4-5-6-7(8,9)10/h2-5H2,1H3. The van der Waals surface area contributed by atoms with Crippen LogP contribution in [0, 0.1) is 6.42 Å². The van der Waals surface area contributed by atoms with Crippen LogP contribution < -0.4 is 0 Å². The molecule has 0 amide bonds. The Labute approximate surface area is 59.4 Å². The monoisotopic (exact) mass is 152 g/mol. The first kappa shape index (κ1) is 9.79. The van der Waals surface area contributed by atoms with Gasteiger partial charge >= 0.3 is 6.18 Å². The largest absolute Gasteiger partial charge is 0.396 e. The lowest BCUT2D eigenvalue weighted by Crippen LogP contribution is -2.07. The van der Waals surface area contributed by atoms with Gasteiger partial charge in [-0.15, -0.1) is 0 Å². The van der Waals surface area contributed by atoms with Gasteiger partial charge in [-0.3, -0.25) is 0 Å². The van der Waals surface area contributed by atoms with Crippen LogP contribution in [0.4, 0.5) is 13.2 Å². The summed E-state index contributed by atoms with van der Waals surface area (Å²) in [6.45, 7) is 1.95. The number of hydrogen-bond acceptors (Lipinski definition) is 0. The molecule has 0 rings (SSSR count). The minimum atomic E-state index is -4.20. The molecule has 0 unspecified atom stereocenters. The summed E-state index contributed by atoms with van der Waals surface area (Å²) in [5, 5.41) is 0. The average Bonchev–Trinajstić information content (AvgIpc) is 1.78. The van der Waals surface area contributed by atoms with E-state index in [0.717, 1.165) is 12.8 Å². The van der Waals surface area contributed by atoms with Gasteiger partial charge in [0.2, 0.25) is 0 Å². The summed E-state index contributed by atoms with van der Waals surface area (Å²) in [5.41, 5.74) is 0. The van der Waals surface area contributed by atoms with Crippen LogP contribution in [0.3, 0.4) is 0 Å². The Bertz CT molecular complexity index is 75.4. The van der Waals surface area contributed by atoms with Crippen LogP contribution in [-0.4, -0.2) is 6.18 Å². The molecule has 0 aliphatic carbocycles. The van der Waals surface area contributed by atoms with Gasteiger partial charge in [0.1, 0.15) is 0 Å². The highest BCUT2D eigenvalue weighted by Gasteiger charge is 2.26. The van der Waals surface area contributed by atoms with Crippen molar-refractivity contribution in [3.05, 3.63) is 6.42 Å². The Hall–Kier alpha value is -0.210. The Kier molecular flexibility index (Phi) is 4.49. The third-order valence-corrected chi connectivity index (χ3v) is 1.11. The molecule has 0 saturated heterocycles. The third kappa shape index (κ3) is 7.79. The summed E-state index contributed by atoms with van der Waals surface area (Å²) < 4.78 is 34.1. The van der Waals surface area contributed by atoms with Gasteiger partial charge in [0, 0.05) is 0 Å². The highest BCUT2D eigenvalue weighted by Crippen LogP contribution is 2.21. The lowest BCUT2D eigenvalue weighted by atomic mass is 10.1. The van der Waals surface area contributed by atoms with Crippen LogP contribution in [0.15, 0.2) is 0 Å². The van der Waals surface area contributed by atoms with Crippen molar-refractivity contribution in [2.45, 2.75) is 38.8 Å². The second-order valence-electron chi connectivity index (χ2n) is 2.13. The molecule has 3 heteroatoms. The molecule has 0 N–H and O–H groups in total. The zero-order valence-corrected chi connectivity index (χ0v) is 5.96. The maximum Gasteiger partial charge on any atom is 0.396 e. The van der Waals surface area contributed by atoms with E-state index >= 15 is 0 Å². The number of unbranched alkanes of at least 4 members (excludes halogenated alkanes) is 3. The van der Waals surface area contributed by atoms with Gasteiger partial charge in [0.15, 0.2) is 0 Å². The molecule has 0 spiro atoms. The van der Waals surface area contributed by atoms with Crippen LogP contribution in [0.2, 0.25) is 0 Å². The SMILES string of the molecule is CCCCC[C]C(F)(F)F. The number of hydrogen-bond donors (Lipinski definition) is 0. The minimum absolute atomic E-state index is 0.0390. The fraction of sp³-hybridized carbons (Fsp3) is 0.857. The summed E-state index contributed by atoms with van der Waals surface area (Å²) in [5.74, 6) is 0. The number of alkyl halides is 3. The zero-order chi connectivity index (χ0) is 8.04. The van der Waals surface area contributed by atoms with Gasteiger partial charge in [-0.1, -0.05) is 26.2 Å². The molecule has 0 bridgehead atoms. The Morgan fingerprint density at radius 3 is 2.20 bits per heavy atom. The molecule has 0 aliphatic rings. The zero-order valence-electron chi connectivity index (χ0n) is 5.96. The van der Waals surface area contributed by atoms with Crippen LogP contribution in [0.5, 0.6) is 0 Å². The molecule has 60 valence electrons. The minimum Gasteiger partial charge on any atom is -0.170 e. The average molecular weight is 152 g/mol. The summed E-state index contributed by atoms with van der Waals surface area (Å²) in [6, 6.07) is 0. The normalized spacial score (nSPS) is 12.0. The van der Waals surface area contributed by atoms with E-state index in [9.17, 15) is 13.2 Å². The van der Waals surface area contributed by atoms with Crippen LogP contribution in [-0.2, 0) is 0 Å². The lowest BCUT2D eigenvalue weighted by molar-refractivity contribution is -0.0984. The molecule has 2 radical (unpaired) electrons. The van der Waals surface area contributed by atoms with E-state index < -0.39 is 6.18 Å². The summed E-state index contributed by atoms with van der Waals surface area (Å²) in [4.78, 5) is 0. The summed E-state index contributed by atoms with van der Waals surface area (Å²) >= 11 is 0. The van der Waals surface area contributed by atoms with Crippen molar-refractivity contribution >= 4 is 0 Å². The van der Waals surface area contributed by atoms with Crippen LogP contribution in [0.25, 0.3) is 0 Å². The maximum absolute atomic E-state index is 11.4. The highest BCUT2D eigenvalue weighted by atomic mass is 19.4. The van der Waals surface area contributed by atoms with Gasteiger partial charge in [0.05, 0.1) is 6.42 Å². The second kappa shape index (κ2) is 4.58. The quantitative estimate of drug-likeness (QED) is 0.542. The first-order chi connectivity index (χ1) is 4.56. The summed E-state index contributed by atoms with van der Waals surface area (Å²) in [6.07, 6.45) is -0.317. The van der Waals surface area contributed by atoms with E-state index in [1.165, 1.54) is 6.42 Å². The van der Waals surface area contributed by atoms with Gasteiger partial charge in [-0.05, 0) is 6.42 Å². The van der Waals surface area contributed by atoms with E-state index in [1.54, 1.807) is 0 Å². The second-order valence-corrected chi connectivity index (χ2v) is 2.13. The van der Waals surface area contributed by atoms with Crippen molar-refractivity contribution in [1.82, 2.24) is 0 Å².